The van der Waals surface area contributed by atoms with Gasteiger partial charge in [-0.25, -0.2) is 4.98 Å². The van der Waals surface area contributed by atoms with Crippen LogP contribution in [0.4, 0.5) is 0 Å². The summed E-state index contributed by atoms with van der Waals surface area (Å²) in [4.78, 5) is 6.44. The number of aryl methyl sites for hydroxylation is 1. The SMILES string of the molecule is CCNC1CC(C)(C)Cc2nc(CCC(C)C)sc21. The van der Waals surface area contributed by atoms with E-state index in [0.717, 1.165) is 25.3 Å². The highest BCUT2D eigenvalue weighted by Crippen LogP contribution is 2.43. The average Bonchev–Trinajstić information content (AvgIpc) is 2.68. The molecule has 0 radical (unpaired) electrons. The summed E-state index contributed by atoms with van der Waals surface area (Å²) in [5.41, 5.74) is 1.74. The molecule has 1 aromatic rings. The van der Waals surface area contributed by atoms with Gasteiger partial charge in [0.2, 0.25) is 0 Å². The van der Waals surface area contributed by atoms with Crippen molar-refractivity contribution in [2.45, 2.75) is 66.3 Å². The van der Waals surface area contributed by atoms with Gasteiger partial charge in [-0.05, 0) is 43.6 Å². The fraction of sp³-hybridized carbons (Fsp3) is 0.812. The summed E-state index contributed by atoms with van der Waals surface area (Å²) in [6, 6.07) is 0.522. The van der Waals surface area contributed by atoms with E-state index in [1.807, 2.05) is 11.3 Å². The summed E-state index contributed by atoms with van der Waals surface area (Å²) in [5.74, 6) is 0.766. The van der Waals surface area contributed by atoms with Gasteiger partial charge in [0.05, 0.1) is 10.7 Å². The van der Waals surface area contributed by atoms with Crippen LogP contribution in [-0.2, 0) is 12.8 Å². The van der Waals surface area contributed by atoms with Gasteiger partial charge in [-0.15, -0.1) is 11.3 Å². The third-order valence-corrected chi connectivity index (χ3v) is 5.15. The molecule has 0 aliphatic heterocycles. The van der Waals surface area contributed by atoms with Gasteiger partial charge in [-0.2, -0.15) is 0 Å². The molecule has 1 unspecified atom stereocenters. The van der Waals surface area contributed by atoms with Crippen molar-refractivity contribution in [3.8, 4) is 0 Å². The van der Waals surface area contributed by atoms with E-state index in [1.165, 1.54) is 28.4 Å². The zero-order valence-electron chi connectivity index (χ0n) is 13.0. The van der Waals surface area contributed by atoms with Crippen molar-refractivity contribution in [1.29, 1.82) is 0 Å². The van der Waals surface area contributed by atoms with Gasteiger partial charge in [-0.1, -0.05) is 34.6 Å². The maximum atomic E-state index is 4.93. The third-order valence-electron chi connectivity index (χ3n) is 3.88. The molecule has 0 fully saturated rings. The minimum absolute atomic E-state index is 0.378. The lowest BCUT2D eigenvalue weighted by Gasteiger charge is -2.34. The second-order valence-electron chi connectivity index (χ2n) is 7.01. The third kappa shape index (κ3) is 3.79. The number of hydrogen-bond donors (Lipinski definition) is 1. The lowest BCUT2D eigenvalue weighted by molar-refractivity contribution is 0.260. The number of nitrogens with zero attached hydrogens (tertiary/aromatic N) is 1. The first kappa shape index (κ1) is 15.0. The van der Waals surface area contributed by atoms with Crippen LogP contribution in [0.15, 0.2) is 0 Å². The van der Waals surface area contributed by atoms with Gasteiger partial charge in [0.1, 0.15) is 0 Å². The highest BCUT2D eigenvalue weighted by Gasteiger charge is 2.34. The predicted octanol–water partition coefficient (Wildman–Crippen LogP) is 4.35. The Morgan fingerprint density at radius 3 is 2.79 bits per heavy atom. The number of fused-ring (bicyclic) bond motifs is 1. The largest absolute Gasteiger partial charge is 0.309 e. The summed E-state index contributed by atoms with van der Waals surface area (Å²) in [6.07, 6.45) is 4.78. The van der Waals surface area contributed by atoms with E-state index in [1.54, 1.807) is 0 Å². The number of hydrogen-bond acceptors (Lipinski definition) is 3. The van der Waals surface area contributed by atoms with Gasteiger partial charge < -0.3 is 5.32 Å². The predicted molar refractivity (Wildman–Crippen MR) is 83.8 cm³/mol. The molecule has 1 aliphatic rings. The normalized spacial score (nSPS) is 21.7. The highest BCUT2D eigenvalue weighted by atomic mass is 32.1. The standard InChI is InChI=1S/C16H28N2S/c1-6-17-12-9-16(4,5)10-13-15(12)19-14(18-13)8-7-11(2)3/h11-12,17H,6-10H2,1-5H3. The van der Waals surface area contributed by atoms with Crippen LogP contribution in [0, 0.1) is 11.3 Å². The number of thiazole rings is 1. The van der Waals surface area contributed by atoms with E-state index >= 15 is 0 Å². The number of aromatic nitrogens is 1. The first-order valence-corrected chi connectivity index (χ1v) is 8.45. The van der Waals surface area contributed by atoms with E-state index in [4.69, 9.17) is 4.98 Å². The lowest BCUT2D eigenvalue weighted by Crippen LogP contribution is -2.32. The topological polar surface area (TPSA) is 24.9 Å². The molecule has 108 valence electrons. The smallest absolute Gasteiger partial charge is 0.0931 e. The van der Waals surface area contributed by atoms with Gasteiger partial charge in [0, 0.05) is 10.9 Å². The lowest BCUT2D eigenvalue weighted by atomic mass is 9.76. The second-order valence-corrected chi connectivity index (χ2v) is 8.12. The Morgan fingerprint density at radius 1 is 1.42 bits per heavy atom. The molecule has 1 heterocycles. The number of rotatable bonds is 5. The number of nitrogens with one attached hydrogen (secondary N) is 1. The van der Waals surface area contributed by atoms with Crippen molar-refractivity contribution >= 4 is 11.3 Å². The summed E-state index contributed by atoms with van der Waals surface area (Å²) < 4.78 is 0. The van der Waals surface area contributed by atoms with Gasteiger partial charge in [0.25, 0.3) is 0 Å². The Hall–Kier alpha value is -0.410. The Balaban J connectivity index is 2.18. The molecule has 1 N–H and O–H groups in total. The maximum absolute atomic E-state index is 4.93. The van der Waals surface area contributed by atoms with E-state index in [-0.39, 0.29) is 0 Å². The summed E-state index contributed by atoms with van der Waals surface area (Å²) in [7, 11) is 0. The summed E-state index contributed by atoms with van der Waals surface area (Å²) in [6.45, 7) is 12.6. The van der Waals surface area contributed by atoms with Crippen LogP contribution in [0.1, 0.15) is 69.1 Å². The van der Waals surface area contributed by atoms with Gasteiger partial charge >= 0.3 is 0 Å². The zero-order valence-corrected chi connectivity index (χ0v) is 13.9. The zero-order chi connectivity index (χ0) is 14.0. The Labute approximate surface area is 122 Å². The maximum Gasteiger partial charge on any atom is 0.0931 e. The first-order valence-electron chi connectivity index (χ1n) is 7.63. The molecule has 0 spiro atoms. The van der Waals surface area contributed by atoms with E-state index in [0.29, 0.717) is 11.5 Å². The van der Waals surface area contributed by atoms with Gasteiger partial charge in [-0.3, -0.25) is 0 Å². The molecular formula is C16H28N2S. The first-order chi connectivity index (χ1) is 8.91. The van der Waals surface area contributed by atoms with Crippen molar-refractivity contribution in [2.75, 3.05) is 6.54 Å². The molecule has 0 bridgehead atoms. The fourth-order valence-corrected chi connectivity index (χ4v) is 4.09. The minimum Gasteiger partial charge on any atom is -0.309 e. The molecule has 0 amide bonds. The molecule has 0 aromatic carbocycles. The molecule has 0 saturated carbocycles. The van der Waals surface area contributed by atoms with Crippen LogP contribution >= 0.6 is 11.3 Å². The minimum atomic E-state index is 0.378. The molecular weight excluding hydrogens is 252 g/mol. The van der Waals surface area contributed by atoms with Crippen molar-refractivity contribution in [3.05, 3.63) is 15.6 Å². The fourth-order valence-electron chi connectivity index (χ4n) is 2.91. The van der Waals surface area contributed by atoms with Crippen LogP contribution in [0.3, 0.4) is 0 Å². The average molecular weight is 280 g/mol. The molecule has 1 aromatic heterocycles. The monoisotopic (exact) mass is 280 g/mol. The van der Waals surface area contributed by atoms with Crippen LogP contribution in [0.25, 0.3) is 0 Å². The van der Waals surface area contributed by atoms with Crippen molar-refractivity contribution in [3.63, 3.8) is 0 Å². The quantitative estimate of drug-likeness (QED) is 0.867. The van der Waals surface area contributed by atoms with Crippen LogP contribution in [0.5, 0.6) is 0 Å². The van der Waals surface area contributed by atoms with Gasteiger partial charge in [0.15, 0.2) is 0 Å². The summed E-state index contributed by atoms with van der Waals surface area (Å²) >= 11 is 1.95. The Kier molecular flexibility index (Phi) is 4.67. The molecule has 1 atom stereocenters. The highest BCUT2D eigenvalue weighted by molar-refractivity contribution is 7.11. The molecule has 1 aliphatic carbocycles. The van der Waals surface area contributed by atoms with Crippen LogP contribution in [-0.4, -0.2) is 11.5 Å². The molecule has 3 heteroatoms. The van der Waals surface area contributed by atoms with E-state index in [2.05, 4.69) is 39.9 Å². The second kappa shape index (κ2) is 5.92. The van der Waals surface area contributed by atoms with Crippen LogP contribution in [0.2, 0.25) is 0 Å². The Bertz CT molecular complexity index is 420. The molecule has 19 heavy (non-hydrogen) atoms. The van der Waals surface area contributed by atoms with E-state index < -0.39 is 0 Å². The van der Waals surface area contributed by atoms with Crippen LogP contribution < -0.4 is 5.32 Å². The molecule has 2 nitrogen and oxygen atoms in total. The molecule has 0 saturated heterocycles. The Morgan fingerprint density at radius 2 is 2.16 bits per heavy atom. The molecule has 2 rings (SSSR count). The summed E-state index contributed by atoms with van der Waals surface area (Å²) in [5, 5.41) is 4.99. The van der Waals surface area contributed by atoms with Crippen molar-refractivity contribution in [1.82, 2.24) is 10.3 Å². The van der Waals surface area contributed by atoms with E-state index in [9.17, 15) is 0 Å². The van der Waals surface area contributed by atoms with Crippen molar-refractivity contribution in [2.24, 2.45) is 11.3 Å². The van der Waals surface area contributed by atoms with Crippen molar-refractivity contribution < 1.29 is 0 Å².